The lowest BCUT2D eigenvalue weighted by molar-refractivity contribution is 0.0647. The number of nitrogens with one attached hydrogen (secondary N) is 1. The lowest BCUT2D eigenvalue weighted by Crippen LogP contribution is -2.32. The fourth-order valence-corrected chi connectivity index (χ4v) is 4.78. The molecule has 0 aromatic rings. The molecule has 0 atom stereocenters. The summed E-state index contributed by atoms with van der Waals surface area (Å²) < 4.78 is 29.5. The van der Waals surface area contributed by atoms with Crippen LogP contribution in [-0.2, 0) is 0 Å². The average Bonchev–Trinajstić information content (AvgIpc) is 2.82. The van der Waals surface area contributed by atoms with Crippen LogP contribution < -0.4 is 5.32 Å². The van der Waals surface area contributed by atoms with Crippen LogP contribution in [0, 0.1) is 0 Å². The second-order valence-electron chi connectivity index (χ2n) is 10.1. The SMILES string of the molecule is C=CC1=C=C(C/C=C(NC(=C)C)/C(=C\CCN2CCC/C(=C\CCCCC)C2)C(C)(F)F)CCC1. The Morgan fingerprint density at radius 3 is 2.63 bits per heavy atom. The fraction of sp³-hybridized carbons (Fsp3) is 0.581. The number of hydrogen-bond donors (Lipinski definition) is 1. The predicted octanol–water partition coefficient (Wildman–Crippen LogP) is 8.78. The van der Waals surface area contributed by atoms with E-state index < -0.39 is 5.92 Å². The van der Waals surface area contributed by atoms with E-state index in [9.17, 15) is 8.78 Å². The van der Waals surface area contributed by atoms with Crippen molar-refractivity contribution in [3.05, 3.63) is 76.9 Å². The highest BCUT2D eigenvalue weighted by molar-refractivity contribution is 5.38. The van der Waals surface area contributed by atoms with Crippen LogP contribution in [-0.4, -0.2) is 30.5 Å². The zero-order chi connectivity index (χ0) is 25.7. The van der Waals surface area contributed by atoms with Crippen molar-refractivity contribution in [3.63, 3.8) is 0 Å². The highest BCUT2D eigenvalue weighted by Crippen LogP contribution is 2.31. The summed E-state index contributed by atoms with van der Waals surface area (Å²) in [5.74, 6) is -2.94. The quantitative estimate of drug-likeness (QED) is 0.115. The molecule has 1 aliphatic carbocycles. The lowest BCUT2D eigenvalue weighted by atomic mass is 9.95. The molecule has 0 saturated carbocycles. The van der Waals surface area contributed by atoms with Gasteiger partial charge in [-0.1, -0.05) is 62.8 Å². The zero-order valence-electron chi connectivity index (χ0n) is 22.3. The topological polar surface area (TPSA) is 15.3 Å². The van der Waals surface area contributed by atoms with Gasteiger partial charge in [-0.25, -0.2) is 8.78 Å². The van der Waals surface area contributed by atoms with Crippen molar-refractivity contribution in [1.29, 1.82) is 0 Å². The van der Waals surface area contributed by atoms with E-state index in [0.717, 1.165) is 69.8 Å². The first-order valence-electron chi connectivity index (χ1n) is 13.4. The van der Waals surface area contributed by atoms with Crippen LogP contribution in [0.15, 0.2) is 76.9 Å². The van der Waals surface area contributed by atoms with Crippen molar-refractivity contribution in [2.24, 2.45) is 0 Å². The third kappa shape index (κ3) is 11.0. The van der Waals surface area contributed by atoms with Gasteiger partial charge in [-0.2, -0.15) is 0 Å². The monoisotopic (exact) mass is 484 g/mol. The molecule has 0 spiro atoms. The molecule has 4 heteroatoms. The van der Waals surface area contributed by atoms with E-state index >= 15 is 0 Å². The molecule has 0 unspecified atom stereocenters. The maximum Gasteiger partial charge on any atom is 0.272 e. The molecule has 2 aliphatic rings. The third-order valence-electron chi connectivity index (χ3n) is 6.61. The maximum absolute atomic E-state index is 14.8. The highest BCUT2D eigenvalue weighted by atomic mass is 19.3. The zero-order valence-corrected chi connectivity index (χ0v) is 22.3. The number of alkyl halides is 2. The van der Waals surface area contributed by atoms with E-state index in [-0.39, 0.29) is 5.57 Å². The summed E-state index contributed by atoms with van der Waals surface area (Å²) in [6, 6.07) is 0. The van der Waals surface area contributed by atoms with Gasteiger partial charge in [-0.05, 0) is 82.4 Å². The summed E-state index contributed by atoms with van der Waals surface area (Å²) in [5.41, 5.74) is 8.32. The lowest BCUT2D eigenvalue weighted by Gasteiger charge is -2.28. The Morgan fingerprint density at radius 1 is 1.14 bits per heavy atom. The summed E-state index contributed by atoms with van der Waals surface area (Å²) in [7, 11) is 0. The van der Waals surface area contributed by atoms with Gasteiger partial charge in [0.25, 0.3) is 5.92 Å². The summed E-state index contributed by atoms with van der Waals surface area (Å²) in [6.45, 7) is 15.6. The van der Waals surface area contributed by atoms with Crippen molar-refractivity contribution in [2.45, 2.75) is 97.3 Å². The predicted molar refractivity (Wildman–Crippen MR) is 146 cm³/mol. The smallest absolute Gasteiger partial charge is 0.272 e. The number of likely N-dealkylation sites (tertiary alicyclic amines) is 1. The molecular formula is C31H46F2N2. The summed E-state index contributed by atoms with van der Waals surface area (Å²) in [6.07, 6.45) is 19.3. The van der Waals surface area contributed by atoms with Gasteiger partial charge in [-0.15, -0.1) is 5.73 Å². The van der Waals surface area contributed by atoms with Gasteiger partial charge < -0.3 is 5.32 Å². The summed E-state index contributed by atoms with van der Waals surface area (Å²) in [4.78, 5) is 2.40. The van der Waals surface area contributed by atoms with Gasteiger partial charge >= 0.3 is 0 Å². The van der Waals surface area contributed by atoms with Crippen LogP contribution in [0.1, 0.15) is 91.4 Å². The van der Waals surface area contributed by atoms with Gasteiger partial charge in [0.1, 0.15) is 0 Å². The van der Waals surface area contributed by atoms with Gasteiger partial charge in [0.05, 0.1) is 0 Å². The summed E-state index contributed by atoms with van der Waals surface area (Å²) in [5, 5.41) is 3.11. The van der Waals surface area contributed by atoms with Gasteiger partial charge in [-0.3, -0.25) is 4.90 Å². The Labute approximate surface area is 212 Å². The molecule has 1 N–H and O–H groups in total. The van der Waals surface area contributed by atoms with E-state index in [1.807, 2.05) is 12.2 Å². The highest BCUT2D eigenvalue weighted by Gasteiger charge is 2.30. The number of rotatable bonds is 14. The molecule has 2 rings (SSSR count). The van der Waals surface area contributed by atoms with Crippen LogP contribution in [0.2, 0.25) is 0 Å². The average molecular weight is 485 g/mol. The minimum absolute atomic E-state index is 0.0529. The Kier molecular flexibility index (Phi) is 12.5. The first-order chi connectivity index (χ1) is 16.7. The molecule has 0 aromatic heterocycles. The number of hydrogen-bond acceptors (Lipinski definition) is 2. The van der Waals surface area contributed by atoms with E-state index in [4.69, 9.17) is 0 Å². The van der Waals surface area contributed by atoms with Crippen LogP contribution >= 0.6 is 0 Å². The number of piperidine rings is 1. The molecule has 1 aliphatic heterocycles. The second kappa shape index (κ2) is 15.1. The molecule has 0 aromatic carbocycles. The first-order valence-corrected chi connectivity index (χ1v) is 13.4. The van der Waals surface area contributed by atoms with Crippen LogP contribution in [0.25, 0.3) is 0 Å². The van der Waals surface area contributed by atoms with Crippen LogP contribution in [0.3, 0.4) is 0 Å². The Morgan fingerprint density at radius 2 is 1.94 bits per heavy atom. The molecule has 1 saturated heterocycles. The third-order valence-corrected chi connectivity index (χ3v) is 6.61. The minimum Gasteiger partial charge on any atom is -0.360 e. The molecule has 35 heavy (non-hydrogen) atoms. The van der Waals surface area contributed by atoms with E-state index in [0.29, 0.717) is 24.2 Å². The minimum atomic E-state index is -2.94. The normalized spacial score (nSPS) is 19.4. The molecule has 1 fully saturated rings. The molecule has 194 valence electrons. The Hall–Kier alpha value is -2.16. The number of allylic oxidation sites excluding steroid dienone is 6. The van der Waals surface area contributed by atoms with Crippen LogP contribution in [0.4, 0.5) is 8.78 Å². The van der Waals surface area contributed by atoms with Gasteiger partial charge in [0, 0.05) is 37.0 Å². The maximum atomic E-state index is 14.8. The number of unbranched alkanes of at least 4 members (excludes halogenated alkanes) is 3. The largest absolute Gasteiger partial charge is 0.360 e. The van der Waals surface area contributed by atoms with Gasteiger partial charge in [0.2, 0.25) is 0 Å². The van der Waals surface area contributed by atoms with Crippen molar-refractivity contribution in [2.75, 3.05) is 19.6 Å². The Bertz CT molecular complexity index is 876. The Balaban J connectivity index is 2.12. The first kappa shape index (κ1) is 29.1. The van der Waals surface area contributed by atoms with Crippen molar-refractivity contribution in [3.8, 4) is 0 Å². The van der Waals surface area contributed by atoms with Crippen molar-refractivity contribution >= 4 is 0 Å². The molecule has 0 radical (unpaired) electrons. The van der Waals surface area contributed by atoms with Gasteiger partial charge in [0.15, 0.2) is 0 Å². The number of halogens is 2. The second-order valence-corrected chi connectivity index (χ2v) is 10.1. The molecule has 0 bridgehead atoms. The molecular weight excluding hydrogens is 438 g/mol. The van der Waals surface area contributed by atoms with E-state index in [1.165, 1.54) is 31.3 Å². The van der Waals surface area contributed by atoms with Crippen molar-refractivity contribution in [1.82, 2.24) is 10.2 Å². The number of nitrogens with zero attached hydrogens (tertiary/aromatic N) is 1. The van der Waals surface area contributed by atoms with Crippen molar-refractivity contribution < 1.29 is 8.78 Å². The molecule has 1 heterocycles. The van der Waals surface area contributed by atoms with Crippen LogP contribution in [0.5, 0.6) is 0 Å². The molecule has 0 amide bonds. The van der Waals surface area contributed by atoms with E-state index in [2.05, 4.69) is 42.1 Å². The molecule has 2 nitrogen and oxygen atoms in total. The summed E-state index contributed by atoms with van der Waals surface area (Å²) >= 11 is 0. The fourth-order valence-electron chi connectivity index (χ4n) is 4.78. The standard InChI is InChI=1S/C31H46F2N2/c1-6-8-9-10-14-28-17-12-21-35(24-28)22-13-18-29(31(5,32)33)30(34-25(3)4)20-19-27-16-11-15-26(7-2)23-27/h7,14,18,20,34H,2-3,6,8-13,15-17,19,21-22,24H2,1,4-5H3/b28-14+,29-18+,30-20-. The van der Waals surface area contributed by atoms with E-state index in [1.54, 1.807) is 13.0 Å².